The van der Waals surface area contributed by atoms with E-state index < -0.39 is 7.49 Å². The van der Waals surface area contributed by atoms with E-state index >= 15 is 0 Å². The molecule has 1 aromatic rings. The Bertz CT molecular complexity index is 329. The van der Waals surface area contributed by atoms with Crippen LogP contribution in [0.15, 0.2) is 30.3 Å². The second-order valence-corrected chi connectivity index (χ2v) is 10.8. The zero-order valence-corrected chi connectivity index (χ0v) is 12.2. The van der Waals surface area contributed by atoms with Crippen molar-refractivity contribution in [2.45, 2.75) is 51.9 Å². The molecule has 0 fully saturated rings. The topological polar surface area (TPSA) is 20.2 Å². The molecule has 0 atom stereocenters. The summed E-state index contributed by atoms with van der Waals surface area (Å²) < 4.78 is 0. The molecule has 1 rings (SSSR count). The Morgan fingerprint density at radius 3 is 1.50 bits per heavy atom. The minimum absolute atomic E-state index is 0.0907. The monoisotopic (exact) mass is 239 g/mol. The lowest BCUT2D eigenvalue weighted by atomic mass is 10.2. The molecule has 0 unspecified atom stereocenters. The van der Waals surface area contributed by atoms with E-state index in [0.717, 1.165) is 5.30 Å². The van der Waals surface area contributed by atoms with Gasteiger partial charge in [0.2, 0.25) is 0 Å². The molecule has 1 aromatic carbocycles. The predicted octanol–water partition coefficient (Wildman–Crippen LogP) is 3.83. The van der Waals surface area contributed by atoms with Crippen molar-refractivity contribution in [3.8, 4) is 0 Å². The first-order valence-electron chi connectivity index (χ1n) is 5.78. The van der Waals surface area contributed by atoms with E-state index in [9.17, 15) is 4.89 Å². The fraction of sp³-hybridized carbons (Fsp3) is 0.571. The molecule has 1 N–H and O–H groups in total. The summed E-state index contributed by atoms with van der Waals surface area (Å²) >= 11 is 0. The van der Waals surface area contributed by atoms with Gasteiger partial charge in [0.15, 0.2) is 7.49 Å². The molecule has 0 aromatic heterocycles. The van der Waals surface area contributed by atoms with Gasteiger partial charge in [0, 0.05) is 0 Å². The van der Waals surface area contributed by atoms with Crippen LogP contribution < -0.4 is 5.30 Å². The lowest BCUT2D eigenvalue weighted by Crippen LogP contribution is -2.39. The zero-order valence-electron chi connectivity index (χ0n) is 11.3. The van der Waals surface area contributed by atoms with Gasteiger partial charge < -0.3 is 0 Å². The first-order valence-corrected chi connectivity index (χ1v) is 7.52. The molecule has 0 saturated heterocycles. The molecule has 2 heteroatoms. The van der Waals surface area contributed by atoms with E-state index in [4.69, 9.17) is 0 Å². The Morgan fingerprint density at radius 2 is 1.19 bits per heavy atom. The lowest BCUT2D eigenvalue weighted by Gasteiger charge is -2.41. The normalized spacial score (nSPS) is 13.9. The molecule has 0 spiro atoms. The quantitative estimate of drug-likeness (QED) is 0.738. The summed E-state index contributed by atoms with van der Waals surface area (Å²) in [5, 5.41) is 0.925. The molecular weight excluding hydrogens is 215 g/mol. The average molecular weight is 239 g/mol. The maximum atomic E-state index is 11.3. The third kappa shape index (κ3) is 2.17. The standard InChI is InChI=1S/C14H24OP/c1-13(2,3)16(15,14(4,5)6)12-10-8-7-9-11-12/h7-11,15H,1-6H3/q+1. The van der Waals surface area contributed by atoms with Crippen molar-refractivity contribution in [1.82, 2.24) is 0 Å². The van der Waals surface area contributed by atoms with Crippen molar-refractivity contribution >= 4 is 12.8 Å². The third-order valence-corrected chi connectivity index (χ3v) is 8.00. The van der Waals surface area contributed by atoms with E-state index in [1.54, 1.807) is 0 Å². The van der Waals surface area contributed by atoms with Gasteiger partial charge in [-0.3, -0.25) is 0 Å². The fourth-order valence-corrected chi connectivity index (χ4v) is 6.59. The number of hydrogen-bond acceptors (Lipinski definition) is 1. The summed E-state index contributed by atoms with van der Waals surface area (Å²) in [5.41, 5.74) is 0. The van der Waals surface area contributed by atoms with Crippen molar-refractivity contribution in [2.75, 3.05) is 0 Å². The summed E-state index contributed by atoms with van der Waals surface area (Å²) in [6, 6.07) is 10.1. The van der Waals surface area contributed by atoms with Gasteiger partial charge in [0.25, 0.3) is 0 Å². The second kappa shape index (κ2) is 4.13. The van der Waals surface area contributed by atoms with Crippen molar-refractivity contribution < 1.29 is 4.89 Å². The zero-order chi connectivity index (χ0) is 12.6. The Kier molecular flexibility index (Phi) is 3.53. The summed E-state index contributed by atoms with van der Waals surface area (Å²) in [6.45, 7) is 12.8. The largest absolute Gasteiger partial charge is 0.245 e. The van der Waals surface area contributed by atoms with E-state index in [1.807, 2.05) is 18.2 Å². The minimum atomic E-state index is -2.19. The molecule has 16 heavy (non-hydrogen) atoms. The molecule has 1 nitrogen and oxygen atoms in total. The highest BCUT2D eigenvalue weighted by molar-refractivity contribution is 7.80. The summed E-state index contributed by atoms with van der Waals surface area (Å²) in [7, 11) is -2.19. The molecule has 0 aliphatic heterocycles. The van der Waals surface area contributed by atoms with Crippen LogP contribution in [0.1, 0.15) is 41.5 Å². The van der Waals surface area contributed by atoms with Gasteiger partial charge >= 0.3 is 0 Å². The molecule has 0 saturated carbocycles. The molecule has 0 bridgehead atoms. The van der Waals surface area contributed by atoms with Gasteiger partial charge in [-0.15, -0.1) is 0 Å². The number of benzene rings is 1. The van der Waals surface area contributed by atoms with Crippen LogP contribution in [0.5, 0.6) is 0 Å². The van der Waals surface area contributed by atoms with Gasteiger partial charge in [-0.1, -0.05) is 18.2 Å². The molecule has 0 amide bonds. The Labute approximate surface area is 100 Å². The highest BCUT2D eigenvalue weighted by Gasteiger charge is 2.59. The SMILES string of the molecule is CC(C)(C)[P+](O)(c1ccccc1)C(C)(C)C. The maximum absolute atomic E-state index is 11.3. The fourth-order valence-electron chi connectivity index (χ4n) is 2.42. The average Bonchev–Trinajstić information content (AvgIpc) is 2.14. The van der Waals surface area contributed by atoms with Gasteiger partial charge in [-0.05, 0) is 53.7 Å². The van der Waals surface area contributed by atoms with Crippen LogP contribution in [0.25, 0.3) is 0 Å². The Morgan fingerprint density at radius 1 is 0.812 bits per heavy atom. The van der Waals surface area contributed by atoms with Crippen LogP contribution in [0.3, 0.4) is 0 Å². The van der Waals surface area contributed by atoms with E-state index in [2.05, 4.69) is 53.7 Å². The molecular formula is C14H24OP+. The van der Waals surface area contributed by atoms with Crippen LogP contribution >= 0.6 is 7.49 Å². The second-order valence-electron chi connectivity index (χ2n) is 6.31. The van der Waals surface area contributed by atoms with Gasteiger partial charge in [-0.2, -0.15) is 0 Å². The van der Waals surface area contributed by atoms with E-state index in [-0.39, 0.29) is 10.3 Å². The van der Waals surface area contributed by atoms with Crippen molar-refractivity contribution in [3.63, 3.8) is 0 Å². The van der Waals surface area contributed by atoms with E-state index in [0.29, 0.717) is 0 Å². The summed E-state index contributed by atoms with van der Waals surface area (Å²) in [5.74, 6) is 0. The van der Waals surface area contributed by atoms with Crippen LogP contribution in [-0.2, 0) is 0 Å². The number of rotatable bonds is 1. The van der Waals surface area contributed by atoms with Crippen LogP contribution in [-0.4, -0.2) is 15.2 Å². The van der Waals surface area contributed by atoms with Crippen LogP contribution in [0, 0.1) is 0 Å². The smallest absolute Gasteiger partial charge is 0.184 e. The lowest BCUT2D eigenvalue weighted by molar-refractivity contribution is 0.516. The first kappa shape index (κ1) is 13.7. The van der Waals surface area contributed by atoms with E-state index in [1.165, 1.54) is 0 Å². The Balaban J connectivity index is 3.39. The molecule has 0 radical (unpaired) electrons. The molecule has 90 valence electrons. The van der Waals surface area contributed by atoms with Crippen molar-refractivity contribution in [1.29, 1.82) is 0 Å². The molecule has 0 aliphatic carbocycles. The van der Waals surface area contributed by atoms with Crippen molar-refractivity contribution in [2.24, 2.45) is 0 Å². The van der Waals surface area contributed by atoms with Gasteiger partial charge in [-0.25, -0.2) is 4.89 Å². The first-order chi connectivity index (χ1) is 7.11. The minimum Gasteiger partial charge on any atom is -0.245 e. The maximum Gasteiger partial charge on any atom is 0.184 e. The highest BCUT2D eigenvalue weighted by Crippen LogP contribution is 2.72. The highest BCUT2D eigenvalue weighted by atomic mass is 31.2. The van der Waals surface area contributed by atoms with Crippen LogP contribution in [0.2, 0.25) is 0 Å². The molecule has 0 aliphatic rings. The summed E-state index contributed by atoms with van der Waals surface area (Å²) in [6.07, 6.45) is 0. The van der Waals surface area contributed by atoms with Gasteiger partial charge in [0.1, 0.15) is 15.6 Å². The summed E-state index contributed by atoms with van der Waals surface area (Å²) in [4.78, 5) is 11.3. The van der Waals surface area contributed by atoms with Crippen LogP contribution in [0.4, 0.5) is 0 Å². The molecule has 0 heterocycles. The third-order valence-electron chi connectivity index (χ3n) is 3.07. The number of hydrogen-bond donors (Lipinski definition) is 1. The van der Waals surface area contributed by atoms with Crippen molar-refractivity contribution in [3.05, 3.63) is 30.3 Å². The Hall–Kier alpha value is -0.390. The van der Waals surface area contributed by atoms with Gasteiger partial charge in [0.05, 0.1) is 0 Å². The predicted molar refractivity (Wildman–Crippen MR) is 74.7 cm³/mol.